The van der Waals surface area contributed by atoms with Gasteiger partial charge in [-0.15, -0.1) is 6.58 Å². The van der Waals surface area contributed by atoms with E-state index in [0.717, 1.165) is 0 Å². The molecule has 1 aliphatic heterocycles. The summed E-state index contributed by atoms with van der Waals surface area (Å²) in [5.74, 6) is 1.11. The van der Waals surface area contributed by atoms with Crippen molar-refractivity contribution in [3.8, 4) is 11.5 Å². The van der Waals surface area contributed by atoms with Crippen LogP contribution in [0.25, 0.3) is 0 Å². The van der Waals surface area contributed by atoms with Gasteiger partial charge in [0.15, 0.2) is 22.9 Å². The van der Waals surface area contributed by atoms with Gasteiger partial charge in [-0.05, 0) is 29.3 Å². The largest absolute Gasteiger partial charge is 0.496 e. The van der Waals surface area contributed by atoms with E-state index in [4.69, 9.17) is 18.9 Å². The van der Waals surface area contributed by atoms with E-state index in [9.17, 15) is 9.90 Å². The van der Waals surface area contributed by atoms with Crippen LogP contribution >= 0.6 is 0 Å². The molecular formula is C21H24O6. The Morgan fingerprint density at radius 1 is 1.33 bits per heavy atom. The van der Waals surface area contributed by atoms with Crippen molar-refractivity contribution in [1.82, 2.24) is 0 Å². The van der Waals surface area contributed by atoms with Crippen molar-refractivity contribution >= 4 is 5.78 Å². The number of ether oxygens (including phenoxy) is 4. The Labute approximate surface area is 158 Å². The van der Waals surface area contributed by atoms with Gasteiger partial charge in [-0.3, -0.25) is 4.79 Å². The molecule has 144 valence electrons. The van der Waals surface area contributed by atoms with Gasteiger partial charge in [-0.1, -0.05) is 19.1 Å². The number of methoxy groups -OCH3 is 2. The molecule has 1 aromatic carbocycles. The summed E-state index contributed by atoms with van der Waals surface area (Å²) in [5.41, 5.74) is 0.250. The van der Waals surface area contributed by atoms with Crippen LogP contribution < -0.4 is 9.47 Å². The Kier molecular flexibility index (Phi) is 5.39. The topological polar surface area (TPSA) is 74.2 Å². The summed E-state index contributed by atoms with van der Waals surface area (Å²) >= 11 is 0. The van der Waals surface area contributed by atoms with Crippen molar-refractivity contribution in [2.75, 3.05) is 21.0 Å². The Morgan fingerprint density at radius 2 is 2.07 bits per heavy atom. The molecule has 1 heterocycles. The second-order valence-electron chi connectivity index (χ2n) is 6.61. The van der Waals surface area contributed by atoms with Gasteiger partial charge in [-0.25, -0.2) is 0 Å². The SMILES string of the molecule is C=CCC1(OC)C=C(C(C)C(O)c2ccc3c(c2)OCO3)C(OC)=CC1=O. The summed E-state index contributed by atoms with van der Waals surface area (Å²) in [6.07, 6.45) is 4.28. The fourth-order valence-corrected chi connectivity index (χ4v) is 3.42. The van der Waals surface area contributed by atoms with Crippen LogP contribution in [0.5, 0.6) is 11.5 Å². The summed E-state index contributed by atoms with van der Waals surface area (Å²) in [5, 5.41) is 11.0. The van der Waals surface area contributed by atoms with Crippen LogP contribution in [0.15, 0.2) is 54.3 Å². The number of allylic oxidation sites excluding steroid dienone is 1. The molecule has 0 aromatic heterocycles. The maximum atomic E-state index is 12.6. The maximum absolute atomic E-state index is 12.6. The zero-order valence-electron chi connectivity index (χ0n) is 15.7. The third-order valence-corrected chi connectivity index (χ3v) is 5.09. The zero-order chi connectivity index (χ0) is 19.6. The van der Waals surface area contributed by atoms with E-state index >= 15 is 0 Å². The third-order valence-electron chi connectivity index (χ3n) is 5.09. The molecule has 6 nitrogen and oxygen atoms in total. The van der Waals surface area contributed by atoms with Crippen molar-refractivity contribution in [2.45, 2.75) is 25.0 Å². The molecule has 3 unspecified atom stereocenters. The number of aliphatic hydroxyl groups excluding tert-OH is 1. The Balaban J connectivity index is 1.95. The van der Waals surface area contributed by atoms with Crippen LogP contribution in [0.1, 0.15) is 25.0 Å². The lowest BCUT2D eigenvalue weighted by Crippen LogP contribution is -2.41. The monoisotopic (exact) mass is 372 g/mol. The van der Waals surface area contributed by atoms with Crippen molar-refractivity contribution in [2.24, 2.45) is 5.92 Å². The standard InChI is InChI=1S/C21H24O6/c1-5-8-21(25-4)11-15(17(24-3)10-19(21)22)13(2)20(23)14-6-7-16-18(9-14)27-12-26-16/h5-7,9-11,13,20,23H,1,8,12H2,2-4H3. The quantitative estimate of drug-likeness (QED) is 0.742. The van der Waals surface area contributed by atoms with Crippen LogP contribution in [-0.2, 0) is 14.3 Å². The van der Waals surface area contributed by atoms with Gasteiger partial charge in [0.05, 0.1) is 13.2 Å². The number of hydrogen-bond donors (Lipinski definition) is 1. The first-order valence-corrected chi connectivity index (χ1v) is 8.72. The molecule has 0 spiro atoms. The molecule has 27 heavy (non-hydrogen) atoms. The minimum absolute atomic E-state index is 0.173. The third kappa shape index (κ3) is 3.38. The van der Waals surface area contributed by atoms with Crippen LogP contribution in [0.3, 0.4) is 0 Å². The highest BCUT2D eigenvalue weighted by Gasteiger charge is 2.40. The van der Waals surface area contributed by atoms with Crippen LogP contribution in [0.2, 0.25) is 0 Å². The predicted octanol–water partition coefficient (Wildman–Crippen LogP) is 3.09. The number of fused-ring (bicyclic) bond motifs is 1. The lowest BCUT2D eigenvalue weighted by Gasteiger charge is -2.33. The second kappa shape index (κ2) is 7.58. The number of hydrogen-bond acceptors (Lipinski definition) is 6. The van der Waals surface area contributed by atoms with Gasteiger partial charge in [0.2, 0.25) is 6.79 Å². The molecule has 0 saturated carbocycles. The number of aliphatic hydroxyl groups is 1. The number of ketones is 1. The minimum atomic E-state index is -1.14. The lowest BCUT2D eigenvalue weighted by molar-refractivity contribution is -0.131. The average Bonchev–Trinajstić information content (AvgIpc) is 3.16. The van der Waals surface area contributed by atoms with E-state index in [1.165, 1.54) is 20.3 Å². The summed E-state index contributed by atoms with van der Waals surface area (Å²) in [7, 11) is 2.99. The van der Waals surface area contributed by atoms with Gasteiger partial charge in [0, 0.05) is 25.5 Å². The van der Waals surface area contributed by atoms with E-state index in [-0.39, 0.29) is 18.5 Å². The molecule has 0 saturated heterocycles. The fourth-order valence-electron chi connectivity index (χ4n) is 3.42. The molecule has 3 atom stereocenters. The summed E-state index contributed by atoms with van der Waals surface area (Å²) < 4.78 is 21.7. The summed E-state index contributed by atoms with van der Waals surface area (Å²) in [4.78, 5) is 12.6. The van der Waals surface area contributed by atoms with Crippen molar-refractivity contribution < 1.29 is 28.8 Å². The van der Waals surface area contributed by atoms with E-state index in [1.807, 2.05) is 6.92 Å². The van der Waals surface area contributed by atoms with Crippen molar-refractivity contribution in [3.63, 3.8) is 0 Å². The van der Waals surface area contributed by atoms with E-state index < -0.39 is 11.7 Å². The highest BCUT2D eigenvalue weighted by Crippen LogP contribution is 2.40. The van der Waals surface area contributed by atoms with Gasteiger partial charge in [0.1, 0.15) is 5.76 Å². The molecule has 1 N–H and O–H groups in total. The summed E-state index contributed by atoms with van der Waals surface area (Å²) in [6, 6.07) is 5.34. The maximum Gasteiger partial charge on any atom is 0.231 e. The van der Waals surface area contributed by atoms with Crippen LogP contribution in [-0.4, -0.2) is 37.5 Å². The van der Waals surface area contributed by atoms with E-state index in [1.54, 1.807) is 30.4 Å². The predicted molar refractivity (Wildman–Crippen MR) is 99.4 cm³/mol. The molecule has 0 amide bonds. The number of carbonyl (C=O) groups is 1. The first kappa shape index (κ1) is 19.2. The van der Waals surface area contributed by atoms with Gasteiger partial charge in [0.25, 0.3) is 0 Å². The first-order valence-electron chi connectivity index (χ1n) is 8.72. The van der Waals surface area contributed by atoms with Gasteiger partial charge in [-0.2, -0.15) is 0 Å². The molecule has 0 radical (unpaired) electrons. The normalized spacial score (nSPS) is 23.3. The van der Waals surface area contributed by atoms with E-state index in [0.29, 0.717) is 34.8 Å². The fraction of sp³-hybridized carbons (Fsp3) is 0.381. The number of rotatable bonds is 7. The molecule has 6 heteroatoms. The van der Waals surface area contributed by atoms with Crippen molar-refractivity contribution in [1.29, 1.82) is 0 Å². The zero-order valence-corrected chi connectivity index (χ0v) is 15.7. The number of benzene rings is 1. The van der Waals surface area contributed by atoms with Crippen LogP contribution in [0.4, 0.5) is 0 Å². The molecule has 3 rings (SSSR count). The first-order chi connectivity index (χ1) is 13.0. The summed E-state index contributed by atoms with van der Waals surface area (Å²) in [6.45, 7) is 5.76. The molecule has 1 aromatic rings. The second-order valence-corrected chi connectivity index (χ2v) is 6.61. The molecule has 0 fully saturated rings. The molecular weight excluding hydrogens is 348 g/mol. The molecule has 0 bridgehead atoms. The smallest absolute Gasteiger partial charge is 0.231 e. The van der Waals surface area contributed by atoms with Gasteiger partial charge < -0.3 is 24.1 Å². The average molecular weight is 372 g/mol. The Bertz CT molecular complexity index is 809. The highest BCUT2D eigenvalue weighted by atomic mass is 16.7. The number of carbonyl (C=O) groups excluding carboxylic acids is 1. The van der Waals surface area contributed by atoms with Crippen molar-refractivity contribution in [3.05, 3.63) is 59.9 Å². The Morgan fingerprint density at radius 3 is 2.74 bits per heavy atom. The Hall–Kier alpha value is -2.57. The van der Waals surface area contributed by atoms with E-state index in [2.05, 4.69) is 6.58 Å². The minimum Gasteiger partial charge on any atom is -0.496 e. The lowest BCUT2D eigenvalue weighted by atomic mass is 9.80. The molecule has 2 aliphatic rings. The highest BCUT2D eigenvalue weighted by molar-refractivity contribution is 6.01. The van der Waals surface area contributed by atoms with Gasteiger partial charge >= 0.3 is 0 Å². The molecule has 1 aliphatic carbocycles. The van der Waals surface area contributed by atoms with Crippen LogP contribution in [0, 0.1) is 5.92 Å².